The quantitative estimate of drug-likeness (QED) is 0.312. The zero-order chi connectivity index (χ0) is 26.6. The number of allylic oxidation sites excluding steroid dienone is 1. The molecule has 0 amide bonds. The maximum absolute atomic E-state index is 4.99. The fourth-order valence-electron chi connectivity index (χ4n) is 5.39. The molecule has 0 radical (unpaired) electrons. The molecule has 0 atom stereocenters. The second-order valence-electron chi connectivity index (χ2n) is 10.1. The summed E-state index contributed by atoms with van der Waals surface area (Å²) in [6.45, 7) is 10.0. The number of aryl methyl sites for hydroxylation is 1. The fraction of sp³-hybridized carbons (Fsp3) is 0.250. The molecule has 0 bridgehead atoms. The van der Waals surface area contributed by atoms with E-state index in [1.165, 1.54) is 31.5 Å². The molecule has 1 saturated heterocycles. The van der Waals surface area contributed by atoms with Crippen LogP contribution in [0.2, 0.25) is 0 Å². The number of pyridine rings is 2. The second kappa shape index (κ2) is 11.2. The summed E-state index contributed by atoms with van der Waals surface area (Å²) in [6, 6.07) is 12.4. The molecule has 5 heterocycles. The van der Waals surface area contributed by atoms with Crippen LogP contribution in [0.3, 0.4) is 0 Å². The summed E-state index contributed by atoms with van der Waals surface area (Å²) in [5.41, 5.74) is 7.91. The van der Waals surface area contributed by atoms with Gasteiger partial charge in [-0.1, -0.05) is 24.8 Å². The molecule has 6 rings (SSSR count). The second-order valence-corrected chi connectivity index (χ2v) is 10.1. The van der Waals surface area contributed by atoms with E-state index in [0.29, 0.717) is 5.82 Å². The number of rotatable bonds is 8. The number of nitrogens with zero attached hydrogens (tertiary/aromatic N) is 5. The van der Waals surface area contributed by atoms with Crippen LogP contribution < -0.4 is 10.6 Å². The van der Waals surface area contributed by atoms with Crippen LogP contribution in [0.4, 0.5) is 0 Å². The molecule has 5 aromatic rings. The van der Waals surface area contributed by atoms with Gasteiger partial charge in [0.1, 0.15) is 5.69 Å². The van der Waals surface area contributed by atoms with Gasteiger partial charge in [-0.2, -0.15) is 5.10 Å². The number of hydrogen-bond donors (Lipinski definition) is 2. The third-order valence-corrected chi connectivity index (χ3v) is 7.47. The van der Waals surface area contributed by atoms with Gasteiger partial charge in [0.25, 0.3) is 0 Å². The van der Waals surface area contributed by atoms with Gasteiger partial charge in [-0.3, -0.25) is 15.1 Å². The van der Waals surface area contributed by atoms with Gasteiger partial charge in [0.15, 0.2) is 5.82 Å². The van der Waals surface area contributed by atoms with Gasteiger partial charge in [0, 0.05) is 35.6 Å². The van der Waals surface area contributed by atoms with Gasteiger partial charge in [-0.25, -0.2) is 4.98 Å². The number of hydrogen-bond acceptors (Lipinski definition) is 5. The first-order valence-electron chi connectivity index (χ1n) is 13.7. The summed E-state index contributed by atoms with van der Waals surface area (Å²) in [5.74, 6) is 0.712. The number of nitrogens with one attached hydrogen (secondary N) is 2. The molecule has 1 aromatic carbocycles. The predicted molar refractivity (Wildman–Crippen MR) is 158 cm³/mol. The number of benzene rings is 1. The van der Waals surface area contributed by atoms with Crippen molar-refractivity contribution in [2.45, 2.75) is 32.6 Å². The van der Waals surface area contributed by atoms with E-state index in [4.69, 9.17) is 4.98 Å². The minimum atomic E-state index is 0.712. The van der Waals surface area contributed by atoms with Crippen LogP contribution in [0.25, 0.3) is 51.4 Å². The standard InChI is InChI=1S/C32H33N7/c1-3-28-27(18-22(2)25-19-23(20-34-21-25)8-7-17-39-15-4-5-16-39)31(38-37-28)32-35-29-10-6-9-26(30(29)36-32)24-11-13-33-14-12-24/h3,6,9-14,18-21,37H,2,4-5,7-8,15-17H2,1H3,(H,35,36)/b27-18+,28-3+. The predicted octanol–water partition coefficient (Wildman–Crippen LogP) is 4.73. The Morgan fingerprint density at radius 2 is 1.92 bits per heavy atom. The number of imidazole rings is 1. The molecule has 1 fully saturated rings. The molecule has 39 heavy (non-hydrogen) atoms. The topological polar surface area (TPSA) is 86.4 Å². The van der Waals surface area contributed by atoms with E-state index in [0.717, 1.165) is 68.9 Å². The Balaban J connectivity index is 1.31. The van der Waals surface area contributed by atoms with Crippen LogP contribution in [0, 0.1) is 0 Å². The lowest BCUT2D eigenvalue weighted by molar-refractivity contribution is 0.334. The number of fused-ring (bicyclic) bond motifs is 1. The summed E-state index contributed by atoms with van der Waals surface area (Å²) in [5, 5.41) is 9.69. The molecule has 0 saturated carbocycles. The van der Waals surface area contributed by atoms with Crippen LogP contribution in [-0.4, -0.2) is 54.7 Å². The Kier molecular flexibility index (Phi) is 7.15. The molecular formula is C32H33N7. The van der Waals surface area contributed by atoms with Crippen molar-refractivity contribution in [2.24, 2.45) is 0 Å². The molecule has 1 aliphatic rings. The average molecular weight is 516 g/mol. The van der Waals surface area contributed by atoms with Gasteiger partial charge >= 0.3 is 0 Å². The third-order valence-electron chi connectivity index (χ3n) is 7.47. The number of likely N-dealkylation sites (tertiary alicyclic amines) is 1. The van der Waals surface area contributed by atoms with E-state index in [1.807, 2.05) is 49.7 Å². The minimum absolute atomic E-state index is 0.712. The van der Waals surface area contributed by atoms with Crippen LogP contribution in [-0.2, 0) is 6.42 Å². The summed E-state index contributed by atoms with van der Waals surface area (Å²) in [6.07, 6.45) is 16.4. The highest BCUT2D eigenvalue weighted by Crippen LogP contribution is 2.28. The van der Waals surface area contributed by atoms with Crippen molar-refractivity contribution in [3.63, 3.8) is 0 Å². The van der Waals surface area contributed by atoms with Crippen molar-refractivity contribution >= 4 is 28.8 Å². The van der Waals surface area contributed by atoms with Crippen molar-refractivity contribution < 1.29 is 0 Å². The smallest absolute Gasteiger partial charge is 0.159 e. The maximum atomic E-state index is 4.99. The Labute approximate surface area is 228 Å². The van der Waals surface area contributed by atoms with Crippen molar-refractivity contribution in [1.29, 1.82) is 0 Å². The molecule has 1 aliphatic heterocycles. The first-order chi connectivity index (χ1) is 19.2. The van der Waals surface area contributed by atoms with Crippen molar-refractivity contribution in [3.05, 3.63) is 89.5 Å². The molecule has 7 nitrogen and oxygen atoms in total. The van der Waals surface area contributed by atoms with Crippen LogP contribution in [0.15, 0.2) is 67.8 Å². The van der Waals surface area contributed by atoms with Crippen LogP contribution in [0.1, 0.15) is 37.3 Å². The van der Waals surface area contributed by atoms with Gasteiger partial charge in [-0.15, -0.1) is 0 Å². The van der Waals surface area contributed by atoms with E-state index in [2.05, 4.69) is 54.8 Å². The van der Waals surface area contributed by atoms with Crippen molar-refractivity contribution in [1.82, 2.24) is 35.0 Å². The molecule has 0 aliphatic carbocycles. The fourth-order valence-corrected chi connectivity index (χ4v) is 5.39. The van der Waals surface area contributed by atoms with E-state index in [1.54, 1.807) is 12.4 Å². The number of aromatic amines is 2. The van der Waals surface area contributed by atoms with E-state index in [9.17, 15) is 0 Å². The van der Waals surface area contributed by atoms with Crippen LogP contribution in [0.5, 0.6) is 0 Å². The molecule has 4 aromatic heterocycles. The maximum Gasteiger partial charge on any atom is 0.159 e. The van der Waals surface area contributed by atoms with E-state index >= 15 is 0 Å². The zero-order valence-electron chi connectivity index (χ0n) is 22.3. The minimum Gasteiger partial charge on any atom is -0.337 e. The van der Waals surface area contributed by atoms with Gasteiger partial charge < -0.3 is 9.88 Å². The first kappa shape index (κ1) is 24.9. The molecule has 0 unspecified atom stereocenters. The highest BCUT2D eigenvalue weighted by Gasteiger charge is 2.14. The lowest BCUT2D eigenvalue weighted by Gasteiger charge is -2.14. The molecule has 2 N–H and O–H groups in total. The Morgan fingerprint density at radius 1 is 1.08 bits per heavy atom. The highest BCUT2D eigenvalue weighted by atomic mass is 15.1. The lowest BCUT2D eigenvalue weighted by Crippen LogP contribution is -2.23. The summed E-state index contributed by atoms with van der Waals surface area (Å²) < 4.78 is 0. The Bertz CT molecular complexity index is 1720. The van der Waals surface area contributed by atoms with Crippen molar-refractivity contribution in [3.8, 4) is 22.6 Å². The summed E-state index contributed by atoms with van der Waals surface area (Å²) in [7, 11) is 0. The molecular weight excluding hydrogens is 482 g/mol. The number of aromatic nitrogens is 6. The van der Waals surface area contributed by atoms with E-state index in [-0.39, 0.29) is 0 Å². The van der Waals surface area contributed by atoms with Crippen molar-refractivity contribution in [2.75, 3.05) is 19.6 Å². The Hall–Kier alpha value is -4.36. The first-order valence-corrected chi connectivity index (χ1v) is 13.7. The zero-order valence-corrected chi connectivity index (χ0v) is 22.3. The lowest BCUT2D eigenvalue weighted by atomic mass is 10.0. The average Bonchev–Trinajstić information content (AvgIpc) is 3.73. The number of para-hydroxylation sites is 1. The van der Waals surface area contributed by atoms with Crippen LogP contribution >= 0.6 is 0 Å². The van der Waals surface area contributed by atoms with Gasteiger partial charge in [0.2, 0.25) is 0 Å². The Morgan fingerprint density at radius 3 is 2.74 bits per heavy atom. The monoisotopic (exact) mass is 515 g/mol. The largest absolute Gasteiger partial charge is 0.337 e. The molecule has 0 spiro atoms. The highest BCUT2D eigenvalue weighted by molar-refractivity contribution is 5.94. The normalized spacial score (nSPS) is 15.0. The van der Waals surface area contributed by atoms with Gasteiger partial charge in [0.05, 0.1) is 16.4 Å². The molecule has 196 valence electrons. The van der Waals surface area contributed by atoms with E-state index < -0.39 is 0 Å². The summed E-state index contributed by atoms with van der Waals surface area (Å²) >= 11 is 0. The third kappa shape index (κ3) is 5.31. The number of H-pyrrole nitrogens is 2. The summed E-state index contributed by atoms with van der Waals surface area (Å²) in [4.78, 5) is 19.7. The van der Waals surface area contributed by atoms with Gasteiger partial charge in [-0.05, 0) is 105 Å². The SMILES string of the molecule is C=C(/C=c1/c(-c2nc3c(-c4ccncc4)cccc3[nH]2)n[nH]/c1=C/C)c1cncc(CCCN2CCCC2)c1. The molecule has 7 heteroatoms.